The van der Waals surface area contributed by atoms with Crippen molar-refractivity contribution in [2.24, 2.45) is 0 Å². The fraction of sp³-hybridized carbons (Fsp3) is 0.333. The number of ketones is 1. The van der Waals surface area contributed by atoms with Crippen LogP contribution < -0.4 is 10.2 Å². The van der Waals surface area contributed by atoms with Crippen molar-refractivity contribution in [1.82, 2.24) is 5.32 Å². The molecule has 0 unspecified atom stereocenters. The van der Waals surface area contributed by atoms with Crippen LogP contribution in [0.2, 0.25) is 0 Å². The molecule has 1 aliphatic heterocycles. The van der Waals surface area contributed by atoms with Crippen molar-refractivity contribution >= 4 is 17.4 Å². The van der Waals surface area contributed by atoms with Gasteiger partial charge in [-0.3, -0.25) is 9.59 Å². The van der Waals surface area contributed by atoms with E-state index >= 15 is 0 Å². The van der Waals surface area contributed by atoms with Crippen LogP contribution in [0.4, 0.5) is 14.5 Å². The van der Waals surface area contributed by atoms with Crippen LogP contribution >= 0.6 is 0 Å². The van der Waals surface area contributed by atoms with E-state index in [-0.39, 0.29) is 12.2 Å². The molecule has 0 aromatic heterocycles. The Kier molecular flexibility index (Phi) is 3.38. The summed E-state index contributed by atoms with van der Waals surface area (Å²) in [7, 11) is 0. The minimum absolute atomic E-state index is 0.131. The zero-order valence-electron chi connectivity index (χ0n) is 9.80. The smallest absolute Gasteiger partial charge is 0.299 e. The van der Waals surface area contributed by atoms with Gasteiger partial charge in [0.1, 0.15) is 11.6 Å². The van der Waals surface area contributed by atoms with Crippen molar-refractivity contribution in [1.29, 1.82) is 0 Å². The molecule has 0 radical (unpaired) electrons. The predicted octanol–water partition coefficient (Wildman–Crippen LogP) is 1.10. The summed E-state index contributed by atoms with van der Waals surface area (Å²) in [5, 5.41) is 2.95. The van der Waals surface area contributed by atoms with E-state index in [0.29, 0.717) is 13.1 Å². The van der Waals surface area contributed by atoms with E-state index in [1.165, 1.54) is 0 Å². The van der Waals surface area contributed by atoms with Gasteiger partial charge in [-0.1, -0.05) is 6.92 Å². The number of Topliss-reactive ketones (excluding diaryl/α,β-unsaturated/α-hetero) is 1. The Bertz CT molecular complexity index is 517. The highest BCUT2D eigenvalue weighted by atomic mass is 19.1. The maximum absolute atomic E-state index is 13.6. The molecular weight excluding hydrogens is 242 g/mol. The lowest BCUT2D eigenvalue weighted by atomic mass is 10.1. The van der Waals surface area contributed by atoms with E-state index in [0.717, 1.165) is 17.0 Å². The van der Waals surface area contributed by atoms with Crippen molar-refractivity contribution in [3.63, 3.8) is 0 Å². The molecule has 0 aliphatic carbocycles. The van der Waals surface area contributed by atoms with E-state index in [1.807, 2.05) is 6.92 Å². The highest BCUT2D eigenvalue weighted by Crippen LogP contribution is 2.33. The summed E-state index contributed by atoms with van der Waals surface area (Å²) in [6.45, 7) is 3.11. The lowest BCUT2D eigenvalue weighted by molar-refractivity contribution is -0.114. The van der Waals surface area contributed by atoms with Crippen molar-refractivity contribution in [3.8, 4) is 0 Å². The van der Waals surface area contributed by atoms with Gasteiger partial charge in [-0.05, 0) is 18.7 Å². The van der Waals surface area contributed by atoms with Gasteiger partial charge in [-0.2, -0.15) is 0 Å². The summed E-state index contributed by atoms with van der Waals surface area (Å²) in [5.41, 5.74) is -0.709. The maximum atomic E-state index is 13.6. The molecule has 0 atom stereocenters. The average Bonchev–Trinajstić information content (AvgIpc) is 2.60. The van der Waals surface area contributed by atoms with Crippen molar-refractivity contribution < 1.29 is 18.4 Å². The van der Waals surface area contributed by atoms with Crippen LogP contribution in [0.15, 0.2) is 12.1 Å². The quantitative estimate of drug-likeness (QED) is 0.646. The number of rotatable bonds is 4. The van der Waals surface area contributed by atoms with E-state index in [2.05, 4.69) is 5.32 Å². The number of amides is 1. The molecule has 1 aromatic rings. The van der Waals surface area contributed by atoms with E-state index in [9.17, 15) is 18.4 Å². The zero-order valence-corrected chi connectivity index (χ0v) is 9.80. The lowest BCUT2D eigenvalue weighted by Gasteiger charge is -2.16. The summed E-state index contributed by atoms with van der Waals surface area (Å²) >= 11 is 0. The second-order valence-corrected chi connectivity index (χ2v) is 3.89. The third-order valence-corrected chi connectivity index (χ3v) is 2.78. The molecule has 1 heterocycles. The largest absolute Gasteiger partial charge is 0.315 e. The summed E-state index contributed by atoms with van der Waals surface area (Å²) < 4.78 is 27.1. The molecule has 1 amide bonds. The number of carbonyl (C=O) groups excluding carboxylic acids is 2. The molecule has 96 valence electrons. The second-order valence-electron chi connectivity index (χ2n) is 3.89. The van der Waals surface area contributed by atoms with Crippen molar-refractivity contribution in [3.05, 3.63) is 29.3 Å². The van der Waals surface area contributed by atoms with Crippen molar-refractivity contribution in [2.45, 2.75) is 6.92 Å². The summed E-state index contributed by atoms with van der Waals surface area (Å²) in [6, 6.07) is 1.77. The lowest BCUT2D eigenvalue weighted by Crippen LogP contribution is -2.36. The molecule has 6 heteroatoms. The molecule has 0 fully saturated rings. The maximum Gasteiger partial charge on any atom is 0.299 e. The second kappa shape index (κ2) is 4.81. The molecule has 0 saturated carbocycles. The Hall–Kier alpha value is -1.82. The zero-order chi connectivity index (χ0) is 13.3. The number of nitrogens with one attached hydrogen (secondary N) is 1. The van der Waals surface area contributed by atoms with Gasteiger partial charge in [0.25, 0.3) is 11.7 Å². The minimum Gasteiger partial charge on any atom is -0.315 e. The number of nitrogens with zero attached hydrogens (tertiary/aromatic N) is 1. The fourth-order valence-electron chi connectivity index (χ4n) is 1.93. The van der Waals surface area contributed by atoms with Crippen LogP contribution in [0.1, 0.15) is 17.3 Å². The number of fused-ring (bicyclic) bond motifs is 1. The molecule has 0 saturated heterocycles. The molecule has 2 rings (SSSR count). The van der Waals surface area contributed by atoms with Crippen LogP contribution in [-0.4, -0.2) is 31.3 Å². The SMILES string of the molecule is CCNCCN1C(=O)C(=O)c2c(F)ccc(F)c21. The summed E-state index contributed by atoms with van der Waals surface area (Å²) in [5.74, 6) is -3.50. The van der Waals surface area contributed by atoms with Gasteiger partial charge in [-0.15, -0.1) is 0 Å². The van der Waals surface area contributed by atoms with Gasteiger partial charge in [0.2, 0.25) is 0 Å². The molecule has 18 heavy (non-hydrogen) atoms. The van der Waals surface area contributed by atoms with Crippen LogP contribution in [0.5, 0.6) is 0 Å². The molecule has 0 bridgehead atoms. The highest BCUT2D eigenvalue weighted by molar-refractivity contribution is 6.52. The first-order valence-electron chi connectivity index (χ1n) is 5.62. The Morgan fingerprint density at radius 3 is 2.56 bits per heavy atom. The van der Waals surface area contributed by atoms with Gasteiger partial charge in [0.05, 0.1) is 11.3 Å². The number of halogens is 2. The average molecular weight is 254 g/mol. The standard InChI is InChI=1S/C12H12F2N2O2/c1-2-15-5-6-16-10-8(14)4-3-7(13)9(10)11(17)12(16)18/h3-4,15H,2,5-6H2,1H3. The Balaban J connectivity index is 2.39. The van der Waals surface area contributed by atoms with Crippen molar-refractivity contribution in [2.75, 3.05) is 24.5 Å². The number of hydrogen-bond donors (Lipinski definition) is 1. The third-order valence-electron chi connectivity index (χ3n) is 2.78. The van der Waals surface area contributed by atoms with Gasteiger partial charge < -0.3 is 10.2 Å². The highest BCUT2D eigenvalue weighted by Gasteiger charge is 2.40. The van der Waals surface area contributed by atoms with Crippen LogP contribution in [0.3, 0.4) is 0 Å². The number of likely N-dealkylation sites (N-methyl/N-ethyl adjacent to an activating group) is 1. The first kappa shape index (κ1) is 12.6. The topological polar surface area (TPSA) is 49.4 Å². The number of benzene rings is 1. The molecule has 4 nitrogen and oxygen atoms in total. The molecule has 0 spiro atoms. The molecule has 1 aromatic carbocycles. The number of carbonyl (C=O) groups is 2. The fourth-order valence-corrected chi connectivity index (χ4v) is 1.93. The van der Waals surface area contributed by atoms with Gasteiger partial charge in [-0.25, -0.2) is 8.78 Å². The van der Waals surface area contributed by atoms with Gasteiger partial charge in [0.15, 0.2) is 0 Å². The first-order valence-corrected chi connectivity index (χ1v) is 5.62. The minimum atomic E-state index is -0.988. The normalized spacial score (nSPS) is 14.3. The summed E-state index contributed by atoms with van der Waals surface area (Å²) in [4.78, 5) is 24.3. The predicted molar refractivity (Wildman–Crippen MR) is 61.6 cm³/mol. The van der Waals surface area contributed by atoms with Gasteiger partial charge >= 0.3 is 0 Å². The van der Waals surface area contributed by atoms with E-state index in [1.54, 1.807) is 0 Å². The van der Waals surface area contributed by atoms with Crippen LogP contribution in [0, 0.1) is 11.6 Å². The summed E-state index contributed by atoms with van der Waals surface area (Å²) in [6.07, 6.45) is 0. The van der Waals surface area contributed by atoms with Crippen LogP contribution in [0.25, 0.3) is 0 Å². The molecule has 1 N–H and O–H groups in total. The number of anilines is 1. The number of hydrogen-bond acceptors (Lipinski definition) is 3. The van der Waals surface area contributed by atoms with Crippen LogP contribution in [-0.2, 0) is 4.79 Å². The Labute approximate surface area is 103 Å². The molecular formula is C12H12F2N2O2. The monoisotopic (exact) mass is 254 g/mol. The van der Waals surface area contributed by atoms with Gasteiger partial charge in [0, 0.05) is 13.1 Å². The molecule has 1 aliphatic rings. The Morgan fingerprint density at radius 1 is 1.22 bits per heavy atom. The third kappa shape index (κ3) is 1.88. The van der Waals surface area contributed by atoms with E-state index in [4.69, 9.17) is 0 Å². The van der Waals surface area contributed by atoms with E-state index < -0.39 is 28.9 Å². The first-order chi connectivity index (χ1) is 8.57. The Morgan fingerprint density at radius 2 is 1.89 bits per heavy atom.